The number of benzene rings is 2. The molecule has 1 N–H and O–H groups in total. The number of hydrogen-bond donors (Lipinski definition) is 1. The average molecular weight is 375 g/mol. The Morgan fingerprint density at radius 3 is 2.48 bits per heavy atom. The molecule has 0 spiro atoms. The van der Waals surface area contributed by atoms with Gasteiger partial charge in [-0.3, -0.25) is 4.90 Å². The summed E-state index contributed by atoms with van der Waals surface area (Å²) in [5.41, 5.74) is 1.74. The summed E-state index contributed by atoms with van der Waals surface area (Å²) < 4.78 is 28.9. The van der Waals surface area contributed by atoms with Crippen molar-refractivity contribution in [3.05, 3.63) is 60.2 Å². The fourth-order valence-electron chi connectivity index (χ4n) is 3.06. The number of piperazine rings is 1. The van der Waals surface area contributed by atoms with Crippen molar-refractivity contribution in [3.8, 4) is 5.75 Å². The average Bonchev–Trinajstić information content (AvgIpc) is 2.67. The van der Waals surface area contributed by atoms with Gasteiger partial charge in [0.15, 0.2) is 0 Å². The van der Waals surface area contributed by atoms with E-state index in [4.69, 9.17) is 0 Å². The van der Waals surface area contributed by atoms with Crippen LogP contribution in [0.15, 0.2) is 54.6 Å². The van der Waals surface area contributed by atoms with Crippen molar-refractivity contribution >= 4 is 11.7 Å². The van der Waals surface area contributed by atoms with Gasteiger partial charge in [-0.2, -0.15) is 8.78 Å². The van der Waals surface area contributed by atoms with Crippen LogP contribution in [0.3, 0.4) is 0 Å². The maximum Gasteiger partial charge on any atom is 0.387 e. The summed E-state index contributed by atoms with van der Waals surface area (Å²) in [6.07, 6.45) is 0.990. The zero-order valence-electron chi connectivity index (χ0n) is 15.0. The highest BCUT2D eigenvalue weighted by atomic mass is 19.3. The van der Waals surface area contributed by atoms with Gasteiger partial charge in [0.25, 0.3) is 0 Å². The standard InChI is InChI=1S/C20H23F2N3O2/c21-19(22)27-18-8-4-7-17(15-18)23-20(26)25-13-11-24(12-14-25)10-9-16-5-2-1-3-6-16/h1-8,15,19H,9-14H2,(H,23,26). The molecule has 0 aliphatic carbocycles. The minimum absolute atomic E-state index is 0.0218. The third-order valence-electron chi connectivity index (χ3n) is 4.53. The molecule has 1 heterocycles. The fourth-order valence-corrected chi connectivity index (χ4v) is 3.06. The van der Waals surface area contributed by atoms with Crippen molar-refractivity contribution < 1.29 is 18.3 Å². The fraction of sp³-hybridized carbons (Fsp3) is 0.350. The second-order valence-corrected chi connectivity index (χ2v) is 6.40. The van der Waals surface area contributed by atoms with E-state index < -0.39 is 6.61 Å². The highest BCUT2D eigenvalue weighted by molar-refractivity contribution is 5.89. The van der Waals surface area contributed by atoms with Gasteiger partial charge in [0.05, 0.1) is 0 Å². The molecule has 1 fully saturated rings. The van der Waals surface area contributed by atoms with E-state index in [1.807, 2.05) is 18.2 Å². The van der Waals surface area contributed by atoms with E-state index >= 15 is 0 Å². The van der Waals surface area contributed by atoms with Crippen LogP contribution in [0.25, 0.3) is 0 Å². The van der Waals surface area contributed by atoms with Crippen molar-refractivity contribution in [3.63, 3.8) is 0 Å². The van der Waals surface area contributed by atoms with Crippen LogP contribution in [0.5, 0.6) is 5.75 Å². The number of urea groups is 1. The van der Waals surface area contributed by atoms with E-state index in [2.05, 4.69) is 27.1 Å². The van der Waals surface area contributed by atoms with Crippen LogP contribution >= 0.6 is 0 Å². The number of alkyl halides is 2. The van der Waals surface area contributed by atoms with Crippen molar-refractivity contribution in [2.75, 3.05) is 38.0 Å². The molecule has 0 atom stereocenters. The van der Waals surface area contributed by atoms with Crippen LogP contribution in [0.1, 0.15) is 5.56 Å². The second-order valence-electron chi connectivity index (χ2n) is 6.40. The van der Waals surface area contributed by atoms with E-state index in [9.17, 15) is 13.6 Å². The molecule has 144 valence electrons. The van der Waals surface area contributed by atoms with Crippen LogP contribution in [0.2, 0.25) is 0 Å². The summed E-state index contributed by atoms with van der Waals surface area (Å²) in [7, 11) is 0. The van der Waals surface area contributed by atoms with Crippen molar-refractivity contribution in [2.24, 2.45) is 0 Å². The number of halogens is 2. The molecule has 5 nitrogen and oxygen atoms in total. The summed E-state index contributed by atoms with van der Waals surface area (Å²) in [6, 6.07) is 16.1. The SMILES string of the molecule is O=C(Nc1cccc(OC(F)F)c1)N1CCN(CCc2ccccc2)CC1. The van der Waals surface area contributed by atoms with Gasteiger partial charge in [0.2, 0.25) is 0 Å². The molecule has 0 saturated carbocycles. The molecule has 2 aromatic rings. The maximum atomic E-state index is 12.4. The molecule has 3 rings (SSSR count). The Balaban J connectivity index is 1.44. The third kappa shape index (κ3) is 5.92. The predicted molar refractivity (Wildman–Crippen MR) is 100 cm³/mol. The Morgan fingerprint density at radius 1 is 1.04 bits per heavy atom. The van der Waals surface area contributed by atoms with E-state index in [1.54, 1.807) is 17.0 Å². The lowest BCUT2D eigenvalue weighted by Gasteiger charge is -2.34. The van der Waals surface area contributed by atoms with Gasteiger partial charge in [0.1, 0.15) is 5.75 Å². The molecule has 0 unspecified atom stereocenters. The van der Waals surface area contributed by atoms with Gasteiger partial charge >= 0.3 is 12.6 Å². The molecule has 1 saturated heterocycles. The molecule has 0 radical (unpaired) electrons. The molecule has 27 heavy (non-hydrogen) atoms. The first-order chi connectivity index (χ1) is 13.1. The molecule has 2 aromatic carbocycles. The Bertz CT molecular complexity index is 735. The topological polar surface area (TPSA) is 44.8 Å². The number of amides is 2. The molecule has 7 heteroatoms. The Kier molecular flexibility index (Phi) is 6.59. The Morgan fingerprint density at radius 2 is 1.78 bits per heavy atom. The Labute approximate surface area is 157 Å². The van der Waals surface area contributed by atoms with Gasteiger partial charge in [0, 0.05) is 44.5 Å². The monoisotopic (exact) mass is 375 g/mol. The predicted octanol–water partition coefficient (Wildman–Crippen LogP) is 3.68. The lowest BCUT2D eigenvalue weighted by atomic mass is 10.1. The zero-order valence-corrected chi connectivity index (χ0v) is 15.0. The van der Waals surface area contributed by atoms with Crippen molar-refractivity contribution in [1.82, 2.24) is 9.80 Å². The Hall–Kier alpha value is -2.67. The number of ether oxygens (including phenoxy) is 1. The number of nitrogens with zero attached hydrogens (tertiary/aromatic N) is 2. The van der Waals surface area contributed by atoms with Crippen LogP contribution in [0, 0.1) is 0 Å². The minimum atomic E-state index is -2.89. The molecule has 2 amide bonds. The van der Waals surface area contributed by atoms with E-state index in [0.29, 0.717) is 18.8 Å². The lowest BCUT2D eigenvalue weighted by molar-refractivity contribution is -0.0497. The van der Waals surface area contributed by atoms with Gasteiger partial charge in [-0.05, 0) is 24.1 Å². The highest BCUT2D eigenvalue weighted by Gasteiger charge is 2.21. The van der Waals surface area contributed by atoms with Gasteiger partial charge in [-0.15, -0.1) is 0 Å². The van der Waals surface area contributed by atoms with Crippen molar-refractivity contribution in [2.45, 2.75) is 13.0 Å². The highest BCUT2D eigenvalue weighted by Crippen LogP contribution is 2.20. The summed E-state index contributed by atoms with van der Waals surface area (Å²) in [6.45, 7) is 0.970. The maximum absolute atomic E-state index is 12.4. The molecule has 0 bridgehead atoms. The van der Waals surface area contributed by atoms with Gasteiger partial charge in [-0.1, -0.05) is 36.4 Å². The lowest BCUT2D eigenvalue weighted by Crippen LogP contribution is -2.50. The van der Waals surface area contributed by atoms with Gasteiger partial charge < -0.3 is 15.0 Å². The number of rotatable bonds is 6. The van der Waals surface area contributed by atoms with Crippen LogP contribution in [0.4, 0.5) is 19.3 Å². The molecule has 1 aliphatic rings. The number of anilines is 1. The smallest absolute Gasteiger partial charge is 0.387 e. The summed E-state index contributed by atoms with van der Waals surface area (Å²) >= 11 is 0. The second kappa shape index (κ2) is 9.32. The molecular weight excluding hydrogens is 352 g/mol. The summed E-state index contributed by atoms with van der Waals surface area (Å²) in [5.74, 6) is 0.0218. The van der Waals surface area contributed by atoms with Crippen LogP contribution < -0.4 is 10.1 Å². The number of nitrogens with one attached hydrogen (secondary N) is 1. The van der Waals surface area contributed by atoms with E-state index in [0.717, 1.165) is 26.1 Å². The number of carbonyl (C=O) groups is 1. The van der Waals surface area contributed by atoms with Crippen LogP contribution in [-0.2, 0) is 6.42 Å². The molecular formula is C20H23F2N3O2. The molecule has 1 aliphatic heterocycles. The zero-order chi connectivity index (χ0) is 19.1. The normalized spacial score (nSPS) is 15.0. The first kappa shape index (κ1) is 19.1. The van der Waals surface area contributed by atoms with Crippen molar-refractivity contribution in [1.29, 1.82) is 0 Å². The first-order valence-electron chi connectivity index (χ1n) is 8.97. The largest absolute Gasteiger partial charge is 0.435 e. The summed E-state index contributed by atoms with van der Waals surface area (Å²) in [4.78, 5) is 16.5. The quantitative estimate of drug-likeness (QED) is 0.838. The number of carbonyl (C=O) groups excluding carboxylic acids is 1. The minimum Gasteiger partial charge on any atom is -0.435 e. The van der Waals surface area contributed by atoms with E-state index in [-0.39, 0.29) is 11.8 Å². The van der Waals surface area contributed by atoms with E-state index in [1.165, 1.54) is 17.7 Å². The summed E-state index contributed by atoms with van der Waals surface area (Å²) in [5, 5.41) is 2.74. The third-order valence-corrected chi connectivity index (χ3v) is 4.53. The van der Waals surface area contributed by atoms with Gasteiger partial charge in [-0.25, -0.2) is 4.79 Å². The first-order valence-corrected chi connectivity index (χ1v) is 8.97. The number of hydrogen-bond acceptors (Lipinski definition) is 3. The molecule has 0 aromatic heterocycles. The van der Waals surface area contributed by atoms with Crippen LogP contribution in [-0.4, -0.2) is 55.2 Å².